The minimum Gasteiger partial charge on any atom is -0.357 e. The molecule has 1 unspecified atom stereocenters. The highest BCUT2D eigenvalue weighted by molar-refractivity contribution is 9.10. The quantitative estimate of drug-likeness (QED) is 0.547. The fourth-order valence-corrected chi connectivity index (χ4v) is 1.14. The lowest BCUT2D eigenvalue weighted by Crippen LogP contribution is -2.08. The first-order valence-electron chi connectivity index (χ1n) is 3.41. The number of nitrogens with zero attached hydrogens (tertiary/aromatic N) is 1. The molecule has 0 saturated carbocycles. The van der Waals surface area contributed by atoms with E-state index in [4.69, 9.17) is 0 Å². The van der Waals surface area contributed by atoms with Gasteiger partial charge in [-0.25, -0.2) is 0 Å². The van der Waals surface area contributed by atoms with Gasteiger partial charge in [-0.3, -0.25) is 4.79 Å². The fraction of sp³-hybridized carbons (Fsp3) is 0.375. The second-order valence-electron chi connectivity index (χ2n) is 2.55. The van der Waals surface area contributed by atoms with Crippen molar-refractivity contribution in [3.8, 4) is 0 Å². The molecule has 0 aliphatic carbocycles. The third-order valence-corrected chi connectivity index (χ3v) is 1.89. The Labute approximate surface area is 74.3 Å². The van der Waals surface area contributed by atoms with Gasteiger partial charge in [-0.05, 0) is 13.0 Å². The molecule has 0 saturated heterocycles. The predicted molar refractivity (Wildman–Crippen MR) is 48.1 cm³/mol. The van der Waals surface area contributed by atoms with Crippen molar-refractivity contribution in [1.29, 1.82) is 0 Å². The Balaban J connectivity index is 2.85. The van der Waals surface area contributed by atoms with E-state index in [9.17, 15) is 4.79 Å². The highest BCUT2D eigenvalue weighted by Gasteiger charge is 2.11. The van der Waals surface area contributed by atoms with Crippen molar-refractivity contribution >= 4 is 21.7 Å². The van der Waals surface area contributed by atoms with Crippen LogP contribution in [0.2, 0.25) is 0 Å². The standard InChI is InChI=1S/C8H10BrNO/c1-6(9)8(11)7-3-4-10(2)5-7/h3-6H,1-2H3. The van der Waals surface area contributed by atoms with Crippen LogP contribution in [0.5, 0.6) is 0 Å². The first-order valence-corrected chi connectivity index (χ1v) is 4.33. The first kappa shape index (κ1) is 8.53. The highest BCUT2D eigenvalue weighted by Crippen LogP contribution is 2.09. The molecule has 0 spiro atoms. The number of ketones is 1. The summed E-state index contributed by atoms with van der Waals surface area (Å²) in [6.45, 7) is 1.83. The van der Waals surface area contributed by atoms with Crippen LogP contribution in [0.15, 0.2) is 18.5 Å². The van der Waals surface area contributed by atoms with Crippen LogP contribution in [-0.4, -0.2) is 15.2 Å². The lowest BCUT2D eigenvalue weighted by molar-refractivity contribution is 0.0996. The number of aryl methyl sites for hydroxylation is 1. The molecule has 3 heteroatoms. The van der Waals surface area contributed by atoms with Crippen molar-refractivity contribution in [2.75, 3.05) is 0 Å². The molecular weight excluding hydrogens is 206 g/mol. The Morgan fingerprint density at radius 2 is 2.36 bits per heavy atom. The van der Waals surface area contributed by atoms with E-state index < -0.39 is 0 Å². The molecule has 1 aromatic heterocycles. The molecule has 0 radical (unpaired) electrons. The lowest BCUT2D eigenvalue weighted by atomic mass is 10.2. The number of carbonyl (C=O) groups is 1. The first-order chi connectivity index (χ1) is 5.11. The highest BCUT2D eigenvalue weighted by atomic mass is 79.9. The number of carbonyl (C=O) groups excluding carboxylic acids is 1. The zero-order valence-corrected chi connectivity index (χ0v) is 8.13. The number of Topliss-reactive ketones (excluding diaryl/α,β-unsaturated/α-hetero) is 1. The van der Waals surface area contributed by atoms with Gasteiger partial charge in [0, 0.05) is 25.0 Å². The van der Waals surface area contributed by atoms with Gasteiger partial charge in [0.2, 0.25) is 0 Å². The maximum atomic E-state index is 11.3. The van der Waals surface area contributed by atoms with Crippen LogP contribution in [0.25, 0.3) is 0 Å². The van der Waals surface area contributed by atoms with Crippen molar-refractivity contribution in [1.82, 2.24) is 4.57 Å². The van der Waals surface area contributed by atoms with Gasteiger partial charge in [-0.1, -0.05) is 15.9 Å². The normalized spacial score (nSPS) is 13.0. The molecule has 2 nitrogen and oxygen atoms in total. The topological polar surface area (TPSA) is 22.0 Å². The second kappa shape index (κ2) is 3.22. The monoisotopic (exact) mass is 215 g/mol. The van der Waals surface area contributed by atoms with Crippen LogP contribution in [0, 0.1) is 0 Å². The number of halogens is 1. The summed E-state index contributed by atoms with van der Waals surface area (Å²) in [7, 11) is 1.90. The van der Waals surface area contributed by atoms with Crippen LogP contribution in [0.1, 0.15) is 17.3 Å². The summed E-state index contributed by atoms with van der Waals surface area (Å²) in [4.78, 5) is 11.2. The van der Waals surface area contributed by atoms with E-state index >= 15 is 0 Å². The number of rotatable bonds is 2. The zero-order chi connectivity index (χ0) is 8.43. The molecule has 0 aliphatic rings. The SMILES string of the molecule is CC(Br)C(=O)c1ccn(C)c1. The van der Waals surface area contributed by atoms with Gasteiger partial charge in [-0.15, -0.1) is 0 Å². The van der Waals surface area contributed by atoms with Crippen LogP contribution < -0.4 is 0 Å². The van der Waals surface area contributed by atoms with Crippen LogP contribution in [0.3, 0.4) is 0 Å². The maximum Gasteiger partial charge on any atom is 0.177 e. The fourth-order valence-electron chi connectivity index (χ4n) is 0.879. The molecule has 1 aromatic rings. The minimum absolute atomic E-state index is 0.0927. The Bertz CT molecular complexity index is 265. The summed E-state index contributed by atoms with van der Waals surface area (Å²) >= 11 is 3.23. The van der Waals surface area contributed by atoms with Gasteiger partial charge in [-0.2, -0.15) is 0 Å². The van der Waals surface area contributed by atoms with E-state index in [2.05, 4.69) is 15.9 Å². The Hall–Kier alpha value is -0.570. The van der Waals surface area contributed by atoms with Crippen molar-refractivity contribution < 1.29 is 4.79 Å². The van der Waals surface area contributed by atoms with Gasteiger partial charge in [0.15, 0.2) is 5.78 Å². The maximum absolute atomic E-state index is 11.3. The van der Waals surface area contributed by atoms with Crippen LogP contribution in [0.4, 0.5) is 0 Å². The lowest BCUT2D eigenvalue weighted by Gasteiger charge is -1.97. The molecular formula is C8H10BrNO. The molecule has 0 bridgehead atoms. The van der Waals surface area contributed by atoms with Gasteiger partial charge >= 0.3 is 0 Å². The Morgan fingerprint density at radius 1 is 1.73 bits per heavy atom. The molecule has 60 valence electrons. The molecule has 1 heterocycles. The van der Waals surface area contributed by atoms with E-state index in [1.807, 2.05) is 37.0 Å². The van der Waals surface area contributed by atoms with Crippen LogP contribution >= 0.6 is 15.9 Å². The molecule has 0 fully saturated rings. The Kier molecular flexibility index (Phi) is 2.49. The summed E-state index contributed by atoms with van der Waals surface area (Å²) < 4.78 is 1.86. The van der Waals surface area contributed by atoms with E-state index in [0.717, 1.165) is 5.56 Å². The molecule has 1 rings (SSSR count). The van der Waals surface area contributed by atoms with Crippen molar-refractivity contribution in [2.24, 2.45) is 7.05 Å². The smallest absolute Gasteiger partial charge is 0.177 e. The van der Waals surface area contributed by atoms with Gasteiger partial charge in [0.05, 0.1) is 4.83 Å². The summed E-state index contributed by atoms with van der Waals surface area (Å²) in [6, 6.07) is 1.82. The third-order valence-electron chi connectivity index (χ3n) is 1.48. The van der Waals surface area contributed by atoms with Gasteiger partial charge < -0.3 is 4.57 Å². The minimum atomic E-state index is -0.0927. The molecule has 0 amide bonds. The number of hydrogen-bond acceptors (Lipinski definition) is 1. The van der Waals surface area contributed by atoms with Crippen molar-refractivity contribution in [3.63, 3.8) is 0 Å². The number of alkyl halides is 1. The average Bonchev–Trinajstić information content (AvgIpc) is 2.34. The predicted octanol–water partition coefficient (Wildman–Crippen LogP) is 1.99. The molecule has 0 aliphatic heterocycles. The van der Waals surface area contributed by atoms with Gasteiger partial charge in [0.1, 0.15) is 0 Å². The van der Waals surface area contributed by atoms with Crippen LogP contribution in [-0.2, 0) is 7.05 Å². The molecule has 1 atom stereocenters. The molecule has 11 heavy (non-hydrogen) atoms. The average molecular weight is 216 g/mol. The number of hydrogen-bond donors (Lipinski definition) is 0. The van der Waals surface area contributed by atoms with E-state index in [-0.39, 0.29) is 10.6 Å². The Morgan fingerprint density at radius 3 is 2.73 bits per heavy atom. The van der Waals surface area contributed by atoms with Gasteiger partial charge in [0.25, 0.3) is 0 Å². The third kappa shape index (κ3) is 1.93. The van der Waals surface area contributed by atoms with E-state index in [1.54, 1.807) is 0 Å². The van der Waals surface area contributed by atoms with E-state index in [1.165, 1.54) is 0 Å². The molecule has 0 aromatic carbocycles. The summed E-state index contributed by atoms with van der Waals surface area (Å²) in [5.41, 5.74) is 0.761. The summed E-state index contributed by atoms with van der Waals surface area (Å²) in [5.74, 6) is 0.130. The van der Waals surface area contributed by atoms with Crippen molar-refractivity contribution in [3.05, 3.63) is 24.0 Å². The zero-order valence-electron chi connectivity index (χ0n) is 6.54. The summed E-state index contributed by atoms with van der Waals surface area (Å²) in [5, 5.41) is 0. The van der Waals surface area contributed by atoms with E-state index in [0.29, 0.717) is 0 Å². The van der Waals surface area contributed by atoms with Crippen molar-refractivity contribution in [2.45, 2.75) is 11.8 Å². The largest absolute Gasteiger partial charge is 0.357 e. The molecule has 0 N–H and O–H groups in total. The summed E-state index contributed by atoms with van der Waals surface area (Å²) in [6.07, 6.45) is 3.68. The second-order valence-corrected chi connectivity index (χ2v) is 3.92. The number of aromatic nitrogens is 1.